The van der Waals surface area contributed by atoms with Gasteiger partial charge in [0.25, 0.3) is 5.95 Å². The topological polar surface area (TPSA) is 72.6 Å². The average molecular weight is 268 g/mol. The summed E-state index contributed by atoms with van der Waals surface area (Å²) < 4.78 is 1.45. The highest BCUT2D eigenvalue weighted by molar-refractivity contribution is 6.28. The SMILES string of the molecule is CCC(C)N(C)c1nc(Cl)nc(-n2cncn2)n1. The van der Waals surface area contributed by atoms with Gasteiger partial charge >= 0.3 is 0 Å². The molecule has 0 bridgehead atoms. The van der Waals surface area contributed by atoms with Gasteiger partial charge in [-0.1, -0.05) is 6.92 Å². The fourth-order valence-corrected chi connectivity index (χ4v) is 1.52. The van der Waals surface area contributed by atoms with Crippen molar-refractivity contribution >= 4 is 17.5 Å². The third kappa shape index (κ3) is 2.56. The van der Waals surface area contributed by atoms with E-state index in [2.05, 4.69) is 38.9 Å². The second-order valence-corrected chi connectivity index (χ2v) is 4.25. The van der Waals surface area contributed by atoms with Crippen molar-refractivity contribution < 1.29 is 0 Å². The van der Waals surface area contributed by atoms with E-state index in [0.717, 1.165) is 6.42 Å². The molecule has 8 heteroatoms. The molecule has 2 heterocycles. The van der Waals surface area contributed by atoms with Crippen molar-refractivity contribution in [3.63, 3.8) is 0 Å². The van der Waals surface area contributed by atoms with Crippen LogP contribution in [-0.2, 0) is 0 Å². The zero-order valence-electron chi connectivity index (χ0n) is 10.4. The molecule has 2 aromatic rings. The van der Waals surface area contributed by atoms with Crippen LogP contribution in [0.4, 0.5) is 5.95 Å². The van der Waals surface area contributed by atoms with E-state index < -0.39 is 0 Å². The van der Waals surface area contributed by atoms with E-state index in [9.17, 15) is 0 Å². The molecule has 1 unspecified atom stereocenters. The maximum absolute atomic E-state index is 5.91. The van der Waals surface area contributed by atoms with Crippen LogP contribution in [0.15, 0.2) is 12.7 Å². The summed E-state index contributed by atoms with van der Waals surface area (Å²) in [6.07, 6.45) is 3.91. The minimum absolute atomic E-state index is 0.139. The van der Waals surface area contributed by atoms with E-state index in [0.29, 0.717) is 17.9 Å². The molecule has 7 nitrogen and oxygen atoms in total. The van der Waals surface area contributed by atoms with Gasteiger partial charge in [0.15, 0.2) is 0 Å². The smallest absolute Gasteiger partial charge is 0.258 e. The van der Waals surface area contributed by atoms with Crippen molar-refractivity contribution in [2.75, 3.05) is 11.9 Å². The number of hydrogen-bond donors (Lipinski definition) is 0. The van der Waals surface area contributed by atoms with Crippen molar-refractivity contribution in [2.24, 2.45) is 0 Å². The van der Waals surface area contributed by atoms with Crippen LogP contribution in [0.2, 0.25) is 5.28 Å². The number of rotatable bonds is 4. The molecule has 18 heavy (non-hydrogen) atoms. The van der Waals surface area contributed by atoms with Crippen LogP contribution in [-0.4, -0.2) is 42.8 Å². The van der Waals surface area contributed by atoms with Gasteiger partial charge in [-0.25, -0.2) is 4.98 Å². The Bertz CT molecular complexity index is 513. The van der Waals surface area contributed by atoms with Gasteiger partial charge in [0.05, 0.1) is 0 Å². The van der Waals surface area contributed by atoms with Gasteiger partial charge in [0.1, 0.15) is 12.7 Å². The first-order valence-electron chi connectivity index (χ1n) is 5.61. The first kappa shape index (κ1) is 12.7. The molecule has 0 saturated heterocycles. The van der Waals surface area contributed by atoms with E-state index >= 15 is 0 Å². The zero-order valence-corrected chi connectivity index (χ0v) is 11.2. The molecule has 1 atom stereocenters. The van der Waals surface area contributed by atoms with Crippen LogP contribution >= 0.6 is 11.6 Å². The first-order valence-corrected chi connectivity index (χ1v) is 5.99. The van der Waals surface area contributed by atoms with E-state index in [1.807, 2.05) is 11.9 Å². The quantitative estimate of drug-likeness (QED) is 0.832. The number of halogens is 1. The van der Waals surface area contributed by atoms with E-state index in [-0.39, 0.29) is 5.28 Å². The fraction of sp³-hybridized carbons (Fsp3) is 0.500. The minimum atomic E-state index is 0.139. The Kier molecular flexibility index (Phi) is 3.71. The summed E-state index contributed by atoms with van der Waals surface area (Å²) >= 11 is 5.91. The highest BCUT2D eigenvalue weighted by Gasteiger charge is 2.14. The Labute approximate surface area is 110 Å². The predicted molar refractivity (Wildman–Crippen MR) is 67.9 cm³/mol. The molecule has 0 radical (unpaired) electrons. The van der Waals surface area contributed by atoms with E-state index in [4.69, 9.17) is 11.6 Å². The van der Waals surface area contributed by atoms with Crippen LogP contribution in [0.5, 0.6) is 0 Å². The predicted octanol–water partition coefficient (Wildman–Crippen LogP) is 1.34. The monoisotopic (exact) mass is 267 g/mol. The standard InChI is InChI=1S/C10H14ClN7/c1-4-7(2)17(3)9-14-8(11)15-10(16-9)18-6-12-5-13-18/h5-7H,4H2,1-3H3. The number of nitrogens with zero attached hydrogens (tertiary/aromatic N) is 7. The molecular weight excluding hydrogens is 254 g/mol. The lowest BCUT2D eigenvalue weighted by atomic mass is 10.2. The molecule has 0 aliphatic carbocycles. The molecule has 0 aromatic carbocycles. The molecular formula is C10H14ClN7. The van der Waals surface area contributed by atoms with Gasteiger partial charge in [0.2, 0.25) is 11.2 Å². The molecule has 2 rings (SSSR count). The first-order chi connectivity index (χ1) is 8.61. The molecule has 0 saturated carbocycles. The van der Waals surface area contributed by atoms with Crippen molar-refractivity contribution in [2.45, 2.75) is 26.3 Å². The van der Waals surface area contributed by atoms with Crippen LogP contribution in [0.3, 0.4) is 0 Å². The van der Waals surface area contributed by atoms with Crippen molar-refractivity contribution in [1.29, 1.82) is 0 Å². The summed E-state index contributed by atoms with van der Waals surface area (Å²) in [6, 6.07) is 0.312. The van der Waals surface area contributed by atoms with Crippen LogP contribution in [0, 0.1) is 0 Å². The van der Waals surface area contributed by atoms with Crippen molar-refractivity contribution in [3.05, 3.63) is 17.9 Å². The zero-order chi connectivity index (χ0) is 13.1. The minimum Gasteiger partial charge on any atom is -0.341 e. The van der Waals surface area contributed by atoms with Gasteiger partial charge in [-0.15, -0.1) is 0 Å². The van der Waals surface area contributed by atoms with Gasteiger partial charge < -0.3 is 4.90 Å². The lowest BCUT2D eigenvalue weighted by Crippen LogP contribution is -2.30. The number of aromatic nitrogens is 6. The summed E-state index contributed by atoms with van der Waals surface area (Å²) in [5, 5.41) is 4.11. The molecule has 0 aliphatic heterocycles. The van der Waals surface area contributed by atoms with Crippen molar-refractivity contribution in [3.8, 4) is 5.95 Å². The maximum atomic E-state index is 5.91. The Balaban J connectivity index is 2.38. The molecule has 0 spiro atoms. The second kappa shape index (κ2) is 5.26. The highest BCUT2D eigenvalue weighted by Crippen LogP contribution is 2.14. The van der Waals surface area contributed by atoms with Gasteiger partial charge in [-0.2, -0.15) is 24.7 Å². The lowest BCUT2D eigenvalue weighted by molar-refractivity contribution is 0.642. The molecule has 2 aromatic heterocycles. The summed E-state index contributed by atoms with van der Waals surface area (Å²) in [6.45, 7) is 4.19. The Hall–Kier alpha value is -1.76. The Morgan fingerprint density at radius 1 is 1.39 bits per heavy atom. The van der Waals surface area contributed by atoms with Crippen LogP contribution in [0.1, 0.15) is 20.3 Å². The summed E-state index contributed by atoms with van der Waals surface area (Å²) in [5.74, 6) is 0.882. The summed E-state index contributed by atoms with van der Waals surface area (Å²) in [5.41, 5.74) is 0. The third-order valence-electron chi connectivity index (χ3n) is 2.78. The molecule has 0 fully saturated rings. The van der Waals surface area contributed by atoms with Crippen LogP contribution in [0.25, 0.3) is 5.95 Å². The maximum Gasteiger partial charge on any atom is 0.258 e. The van der Waals surface area contributed by atoms with Crippen LogP contribution < -0.4 is 4.90 Å². The average Bonchev–Trinajstić information content (AvgIpc) is 2.90. The van der Waals surface area contributed by atoms with Gasteiger partial charge in [-0.3, -0.25) is 0 Å². The lowest BCUT2D eigenvalue weighted by Gasteiger charge is -2.23. The van der Waals surface area contributed by atoms with Gasteiger partial charge in [-0.05, 0) is 24.9 Å². The molecule has 0 amide bonds. The molecule has 0 aliphatic rings. The Morgan fingerprint density at radius 2 is 2.17 bits per heavy atom. The largest absolute Gasteiger partial charge is 0.341 e. The molecule has 96 valence electrons. The molecule has 0 N–H and O–H groups in total. The highest BCUT2D eigenvalue weighted by atomic mass is 35.5. The normalized spacial score (nSPS) is 12.4. The summed E-state index contributed by atoms with van der Waals surface area (Å²) in [4.78, 5) is 18.3. The fourth-order valence-electron chi connectivity index (χ4n) is 1.37. The number of hydrogen-bond acceptors (Lipinski definition) is 6. The van der Waals surface area contributed by atoms with Crippen molar-refractivity contribution in [1.82, 2.24) is 29.7 Å². The summed E-state index contributed by atoms with van der Waals surface area (Å²) in [7, 11) is 1.92. The number of anilines is 1. The third-order valence-corrected chi connectivity index (χ3v) is 2.94. The van der Waals surface area contributed by atoms with Gasteiger partial charge in [0, 0.05) is 13.1 Å². The van der Waals surface area contributed by atoms with E-state index in [1.165, 1.54) is 17.3 Å². The Morgan fingerprint density at radius 3 is 2.78 bits per heavy atom. The van der Waals surface area contributed by atoms with E-state index in [1.54, 1.807) is 0 Å². The second-order valence-electron chi connectivity index (χ2n) is 3.91.